The lowest BCUT2D eigenvalue weighted by atomic mass is 10.2. The summed E-state index contributed by atoms with van der Waals surface area (Å²) in [5.74, 6) is 3.31. The number of carbonyl (C=O) groups excluding carboxylic acids is 1. The molecule has 106 valence electrons. The van der Waals surface area contributed by atoms with Crippen LogP contribution in [0.5, 0.6) is 5.75 Å². The van der Waals surface area contributed by atoms with Crippen molar-refractivity contribution >= 4 is 11.7 Å². The molecule has 0 fully saturated rings. The van der Waals surface area contributed by atoms with E-state index in [0.717, 1.165) is 16.9 Å². The van der Waals surface area contributed by atoms with Crippen molar-refractivity contribution in [2.75, 3.05) is 12.4 Å². The molecular weight excluding hydrogens is 264 g/mol. The number of hydrogen-bond acceptors (Lipinski definition) is 2. The second-order valence-electron chi connectivity index (χ2n) is 4.38. The van der Waals surface area contributed by atoms with Crippen LogP contribution in [0.4, 0.5) is 10.5 Å². The Morgan fingerprint density at radius 3 is 2.67 bits per heavy atom. The minimum Gasteiger partial charge on any atom is -0.497 e. The Morgan fingerprint density at radius 2 is 2.00 bits per heavy atom. The molecule has 0 heterocycles. The van der Waals surface area contributed by atoms with Crippen molar-refractivity contribution in [1.29, 1.82) is 0 Å². The van der Waals surface area contributed by atoms with Gasteiger partial charge in [-0.3, -0.25) is 0 Å². The molecular formula is C17H16N2O2. The molecule has 0 aromatic heterocycles. The van der Waals surface area contributed by atoms with Gasteiger partial charge in [0, 0.05) is 17.8 Å². The van der Waals surface area contributed by atoms with Crippen molar-refractivity contribution in [1.82, 2.24) is 5.32 Å². The molecule has 2 aromatic rings. The first-order valence-electron chi connectivity index (χ1n) is 6.46. The fourth-order valence-corrected chi connectivity index (χ4v) is 1.79. The van der Waals surface area contributed by atoms with Crippen LogP contribution < -0.4 is 15.4 Å². The van der Waals surface area contributed by atoms with Crippen molar-refractivity contribution in [2.24, 2.45) is 0 Å². The number of terminal acetylenes is 1. The molecule has 4 nitrogen and oxygen atoms in total. The van der Waals surface area contributed by atoms with Crippen molar-refractivity contribution in [3.05, 3.63) is 59.7 Å². The van der Waals surface area contributed by atoms with E-state index in [-0.39, 0.29) is 6.03 Å². The van der Waals surface area contributed by atoms with Crippen molar-refractivity contribution in [3.63, 3.8) is 0 Å². The highest BCUT2D eigenvalue weighted by Crippen LogP contribution is 2.11. The number of anilines is 1. The molecule has 2 amide bonds. The van der Waals surface area contributed by atoms with E-state index >= 15 is 0 Å². The highest BCUT2D eigenvalue weighted by Gasteiger charge is 2.02. The average Bonchev–Trinajstić information content (AvgIpc) is 2.53. The average molecular weight is 280 g/mol. The van der Waals surface area contributed by atoms with Gasteiger partial charge in [0.05, 0.1) is 7.11 Å². The van der Waals surface area contributed by atoms with Crippen LogP contribution in [0.25, 0.3) is 0 Å². The molecule has 4 heteroatoms. The van der Waals surface area contributed by atoms with Gasteiger partial charge in [-0.2, -0.15) is 0 Å². The summed E-state index contributed by atoms with van der Waals surface area (Å²) in [6, 6.07) is 14.4. The lowest BCUT2D eigenvalue weighted by Gasteiger charge is -2.08. The molecule has 0 atom stereocenters. The van der Waals surface area contributed by atoms with Gasteiger partial charge in [-0.1, -0.05) is 24.1 Å². The monoisotopic (exact) mass is 280 g/mol. The van der Waals surface area contributed by atoms with Gasteiger partial charge in [-0.25, -0.2) is 4.79 Å². The Balaban J connectivity index is 1.88. The number of nitrogens with one attached hydrogen (secondary N) is 2. The zero-order valence-electron chi connectivity index (χ0n) is 11.7. The Kier molecular flexibility index (Phi) is 4.84. The van der Waals surface area contributed by atoms with Crippen LogP contribution in [-0.2, 0) is 6.54 Å². The van der Waals surface area contributed by atoms with Gasteiger partial charge in [0.2, 0.25) is 0 Å². The number of amides is 2. The number of methoxy groups -OCH3 is 1. The van der Waals surface area contributed by atoms with Crippen molar-refractivity contribution in [2.45, 2.75) is 6.54 Å². The second-order valence-corrected chi connectivity index (χ2v) is 4.38. The summed E-state index contributed by atoms with van der Waals surface area (Å²) in [6.07, 6.45) is 5.32. The summed E-state index contributed by atoms with van der Waals surface area (Å²) in [6.45, 7) is 0.435. The SMILES string of the molecule is C#Cc1cccc(NC(=O)NCc2ccc(OC)cc2)c1. The van der Waals surface area contributed by atoms with E-state index in [0.29, 0.717) is 12.2 Å². The van der Waals surface area contributed by atoms with Crippen LogP contribution in [0.3, 0.4) is 0 Å². The molecule has 0 saturated heterocycles. The topological polar surface area (TPSA) is 50.4 Å². The van der Waals surface area contributed by atoms with E-state index in [1.807, 2.05) is 24.3 Å². The standard InChI is InChI=1S/C17H16N2O2/c1-3-13-5-4-6-15(11-13)19-17(20)18-12-14-7-9-16(21-2)10-8-14/h1,4-11H,12H2,2H3,(H2,18,19,20). The number of hydrogen-bond donors (Lipinski definition) is 2. The van der Waals surface area contributed by atoms with E-state index in [9.17, 15) is 4.79 Å². The molecule has 0 unspecified atom stereocenters. The van der Waals surface area contributed by atoms with Gasteiger partial charge in [0.25, 0.3) is 0 Å². The maximum Gasteiger partial charge on any atom is 0.319 e. The molecule has 0 spiro atoms. The van der Waals surface area contributed by atoms with E-state index in [4.69, 9.17) is 11.2 Å². The molecule has 2 N–H and O–H groups in total. The zero-order valence-corrected chi connectivity index (χ0v) is 11.7. The van der Waals surface area contributed by atoms with Gasteiger partial charge in [-0.15, -0.1) is 6.42 Å². The van der Waals surface area contributed by atoms with Crippen molar-refractivity contribution < 1.29 is 9.53 Å². The van der Waals surface area contributed by atoms with Gasteiger partial charge in [0.1, 0.15) is 5.75 Å². The lowest BCUT2D eigenvalue weighted by Crippen LogP contribution is -2.28. The molecule has 2 rings (SSSR count). The molecule has 0 aliphatic rings. The van der Waals surface area contributed by atoms with Crippen LogP contribution in [-0.4, -0.2) is 13.1 Å². The minimum absolute atomic E-state index is 0.278. The number of carbonyl (C=O) groups is 1. The van der Waals surface area contributed by atoms with Gasteiger partial charge < -0.3 is 15.4 Å². The minimum atomic E-state index is -0.278. The highest BCUT2D eigenvalue weighted by molar-refractivity contribution is 5.89. The Labute approximate surface area is 124 Å². The Hall–Kier alpha value is -2.93. The first-order chi connectivity index (χ1) is 10.2. The lowest BCUT2D eigenvalue weighted by molar-refractivity contribution is 0.251. The van der Waals surface area contributed by atoms with Gasteiger partial charge in [-0.05, 0) is 35.9 Å². The van der Waals surface area contributed by atoms with Gasteiger partial charge >= 0.3 is 6.03 Å². The third-order valence-electron chi connectivity index (χ3n) is 2.90. The smallest absolute Gasteiger partial charge is 0.319 e. The van der Waals surface area contributed by atoms with Gasteiger partial charge in [0.15, 0.2) is 0 Å². The molecule has 0 saturated carbocycles. The largest absolute Gasteiger partial charge is 0.497 e. The predicted octanol–water partition coefficient (Wildman–Crippen LogP) is 3.00. The van der Waals surface area contributed by atoms with Crippen LogP contribution in [0, 0.1) is 12.3 Å². The van der Waals surface area contributed by atoms with Crippen molar-refractivity contribution in [3.8, 4) is 18.1 Å². The first kappa shape index (κ1) is 14.5. The normalized spacial score (nSPS) is 9.52. The molecule has 2 aromatic carbocycles. The maximum atomic E-state index is 11.8. The zero-order chi connectivity index (χ0) is 15.1. The first-order valence-corrected chi connectivity index (χ1v) is 6.46. The summed E-state index contributed by atoms with van der Waals surface area (Å²) >= 11 is 0. The molecule has 0 bridgehead atoms. The summed E-state index contributed by atoms with van der Waals surface area (Å²) in [5, 5.41) is 5.52. The third kappa shape index (κ3) is 4.29. The summed E-state index contributed by atoms with van der Waals surface area (Å²) < 4.78 is 5.08. The van der Waals surface area contributed by atoms with Crippen LogP contribution in [0.1, 0.15) is 11.1 Å². The second kappa shape index (κ2) is 7.01. The quantitative estimate of drug-likeness (QED) is 0.846. The Bertz CT molecular complexity index is 657. The molecule has 0 aliphatic carbocycles. The summed E-state index contributed by atoms with van der Waals surface area (Å²) in [5.41, 5.74) is 2.38. The predicted molar refractivity (Wildman–Crippen MR) is 83.2 cm³/mol. The number of rotatable bonds is 4. The maximum absolute atomic E-state index is 11.8. The highest BCUT2D eigenvalue weighted by atomic mass is 16.5. The van der Waals surface area contributed by atoms with E-state index in [1.54, 1.807) is 31.4 Å². The Morgan fingerprint density at radius 1 is 1.24 bits per heavy atom. The van der Waals surface area contributed by atoms with E-state index in [2.05, 4.69) is 16.6 Å². The fourth-order valence-electron chi connectivity index (χ4n) is 1.79. The molecule has 21 heavy (non-hydrogen) atoms. The fraction of sp³-hybridized carbons (Fsp3) is 0.118. The summed E-state index contributed by atoms with van der Waals surface area (Å²) in [4.78, 5) is 11.8. The number of urea groups is 1. The van der Waals surface area contributed by atoms with Crippen LogP contribution >= 0.6 is 0 Å². The number of benzene rings is 2. The summed E-state index contributed by atoms with van der Waals surface area (Å²) in [7, 11) is 1.62. The van der Waals surface area contributed by atoms with Crippen LogP contribution in [0.2, 0.25) is 0 Å². The van der Waals surface area contributed by atoms with Crippen LogP contribution in [0.15, 0.2) is 48.5 Å². The van der Waals surface area contributed by atoms with E-state index in [1.165, 1.54) is 0 Å². The third-order valence-corrected chi connectivity index (χ3v) is 2.90. The van der Waals surface area contributed by atoms with E-state index < -0.39 is 0 Å². The molecule has 0 radical (unpaired) electrons. The number of ether oxygens (including phenoxy) is 1. The molecule has 0 aliphatic heterocycles.